The van der Waals surface area contributed by atoms with Crippen molar-refractivity contribution in [2.75, 3.05) is 5.32 Å². The molecule has 0 bridgehead atoms. The second-order valence-electron chi connectivity index (χ2n) is 5.44. The van der Waals surface area contributed by atoms with E-state index in [1.54, 1.807) is 46.7 Å². The maximum atomic E-state index is 12.3. The quantitative estimate of drug-likeness (QED) is 0.557. The molecule has 0 saturated heterocycles. The summed E-state index contributed by atoms with van der Waals surface area (Å²) in [5.41, 5.74) is 0.669. The van der Waals surface area contributed by atoms with Gasteiger partial charge in [-0.1, -0.05) is 0 Å². The van der Waals surface area contributed by atoms with Crippen molar-refractivity contribution in [3.63, 3.8) is 0 Å². The minimum atomic E-state index is -0.646. The minimum Gasteiger partial charge on any atom is -0.325 e. The number of carbonyl (C=O) groups is 1. The molecule has 0 aliphatic rings. The van der Waals surface area contributed by atoms with E-state index >= 15 is 0 Å². The zero-order chi connectivity index (χ0) is 18.1. The van der Waals surface area contributed by atoms with E-state index in [0.29, 0.717) is 11.2 Å². The number of rotatable bonds is 4. The molecule has 2 N–H and O–H groups in total. The first kappa shape index (κ1) is 16.0. The molecule has 0 radical (unpaired) electrons. The number of amides is 1. The Hall–Kier alpha value is -3.53. The van der Waals surface area contributed by atoms with Gasteiger partial charge in [0.25, 0.3) is 5.56 Å². The van der Waals surface area contributed by atoms with E-state index in [2.05, 4.69) is 19.8 Å². The Morgan fingerprint density at radius 3 is 2.77 bits per heavy atom. The molecule has 0 unspecified atom stereocenters. The Labute approximate surface area is 149 Å². The maximum Gasteiger partial charge on any atom is 0.329 e. The van der Waals surface area contributed by atoms with Gasteiger partial charge in [0, 0.05) is 23.5 Å². The van der Waals surface area contributed by atoms with Gasteiger partial charge in [0.15, 0.2) is 5.52 Å². The lowest BCUT2D eigenvalue weighted by Crippen LogP contribution is -2.38. The Kier molecular flexibility index (Phi) is 3.93. The number of fused-ring (bicyclic) bond motifs is 1. The van der Waals surface area contributed by atoms with Gasteiger partial charge in [-0.05, 0) is 41.9 Å². The number of H-pyrrole nitrogens is 1. The Morgan fingerprint density at radius 2 is 2.04 bits per heavy atom. The van der Waals surface area contributed by atoms with Crippen LogP contribution in [0.4, 0.5) is 5.69 Å². The number of benzene rings is 1. The van der Waals surface area contributed by atoms with Crippen LogP contribution in [0.5, 0.6) is 0 Å². The molecular formula is C16H12N6O3S. The fraction of sp³-hybridized carbons (Fsp3) is 0.0625. The summed E-state index contributed by atoms with van der Waals surface area (Å²) in [5.74, 6) is -0.487. The van der Waals surface area contributed by atoms with Crippen LogP contribution in [0, 0.1) is 0 Å². The Balaban J connectivity index is 1.52. The first-order chi connectivity index (χ1) is 12.6. The number of nitrogens with one attached hydrogen (secondary N) is 2. The van der Waals surface area contributed by atoms with Crippen LogP contribution in [0.15, 0.2) is 57.7 Å². The molecule has 0 fully saturated rings. The first-order valence-corrected chi connectivity index (χ1v) is 8.42. The van der Waals surface area contributed by atoms with Crippen molar-refractivity contribution in [1.82, 2.24) is 23.7 Å². The molecular weight excluding hydrogens is 356 g/mol. The van der Waals surface area contributed by atoms with E-state index < -0.39 is 23.7 Å². The van der Waals surface area contributed by atoms with Crippen LogP contribution in [-0.4, -0.2) is 29.6 Å². The van der Waals surface area contributed by atoms with Gasteiger partial charge in [-0.15, -0.1) is 0 Å². The van der Waals surface area contributed by atoms with E-state index in [-0.39, 0.29) is 5.52 Å². The van der Waals surface area contributed by atoms with Gasteiger partial charge in [0.1, 0.15) is 6.54 Å². The van der Waals surface area contributed by atoms with Crippen LogP contribution in [0.25, 0.3) is 16.7 Å². The van der Waals surface area contributed by atoms with Crippen molar-refractivity contribution in [2.24, 2.45) is 0 Å². The summed E-state index contributed by atoms with van der Waals surface area (Å²) in [4.78, 5) is 39.0. The average molecular weight is 368 g/mol. The van der Waals surface area contributed by atoms with E-state index in [0.717, 1.165) is 21.8 Å². The summed E-state index contributed by atoms with van der Waals surface area (Å²) in [6.07, 6.45) is 3.48. The smallest absolute Gasteiger partial charge is 0.325 e. The van der Waals surface area contributed by atoms with Gasteiger partial charge in [-0.25, -0.2) is 14.0 Å². The first-order valence-electron chi connectivity index (χ1n) is 7.59. The van der Waals surface area contributed by atoms with Crippen molar-refractivity contribution >= 4 is 34.2 Å². The molecule has 10 heteroatoms. The summed E-state index contributed by atoms with van der Waals surface area (Å²) in [6.45, 7) is -0.400. The van der Waals surface area contributed by atoms with E-state index in [1.807, 2.05) is 6.07 Å². The highest BCUT2D eigenvalue weighted by molar-refractivity contribution is 7.04. The van der Waals surface area contributed by atoms with Crippen LogP contribution in [-0.2, 0) is 11.3 Å². The zero-order valence-electron chi connectivity index (χ0n) is 13.2. The third kappa shape index (κ3) is 2.93. The highest BCUT2D eigenvalue weighted by Gasteiger charge is 2.13. The molecule has 0 aliphatic carbocycles. The Bertz CT molecular complexity index is 1190. The van der Waals surface area contributed by atoms with Gasteiger partial charge >= 0.3 is 5.69 Å². The number of carbonyl (C=O) groups excluding carboxylic acids is 1. The molecule has 1 amide bonds. The van der Waals surface area contributed by atoms with E-state index in [1.165, 1.54) is 0 Å². The highest BCUT2D eigenvalue weighted by atomic mass is 32.1. The summed E-state index contributed by atoms with van der Waals surface area (Å²) in [6, 6.07) is 8.83. The zero-order valence-corrected chi connectivity index (χ0v) is 14.1. The van der Waals surface area contributed by atoms with Crippen LogP contribution in [0.3, 0.4) is 0 Å². The summed E-state index contributed by atoms with van der Waals surface area (Å²) in [7, 11) is 0. The number of hydrogen-bond acceptors (Lipinski definition) is 6. The molecule has 0 saturated carbocycles. The molecule has 3 heterocycles. The minimum absolute atomic E-state index is 0.144. The number of nitrogens with zero attached hydrogens (tertiary/aromatic N) is 4. The topological polar surface area (TPSA) is 115 Å². The second-order valence-corrected chi connectivity index (χ2v) is 6.07. The largest absolute Gasteiger partial charge is 0.329 e. The molecule has 0 aliphatic heterocycles. The molecule has 1 aromatic carbocycles. The van der Waals surface area contributed by atoms with Crippen molar-refractivity contribution < 1.29 is 4.79 Å². The molecule has 3 aromatic heterocycles. The molecule has 4 rings (SSSR count). The lowest BCUT2D eigenvalue weighted by molar-refractivity contribution is -0.116. The van der Waals surface area contributed by atoms with E-state index in [9.17, 15) is 14.4 Å². The van der Waals surface area contributed by atoms with Crippen molar-refractivity contribution in [3.8, 4) is 5.69 Å². The van der Waals surface area contributed by atoms with Crippen molar-refractivity contribution in [3.05, 3.63) is 68.9 Å². The number of aromatic amines is 1. The molecule has 0 spiro atoms. The van der Waals surface area contributed by atoms with Gasteiger partial charge in [0.05, 0.1) is 11.2 Å². The number of anilines is 1. The molecule has 9 nitrogen and oxygen atoms in total. The van der Waals surface area contributed by atoms with Gasteiger partial charge < -0.3 is 10.3 Å². The average Bonchev–Trinajstić information content (AvgIpc) is 3.31. The molecule has 26 heavy (non-hydrogen) atoms. The normalized spacial score (nSPS) is 10.9. The predicted molar refractivity (Wildman–Crippen MR) is 96.7 cm³/mol. The standard InChI is InChI=1S/C16H12N6O3S/c23-13(8-21-15(24)14-12(9-26-20-14)19-16(21)25)18-10-2-4-11(5-3-10)22-7-1-6-17-22/h1-7,9H,8H2,(H,18,23)(H,19,25). The SMILES string of the molecule is O=C(Cn1c(=O)[nH]c2csnc2c1=O)Nc1ccc(-n2cccn2)cc1. The summed E-state index contributed by atoms with van der Waals surface area (Å²) in [5, 5.41) is 8.35. The van der Waals surface area contributed by atoms with Crippen LogP contribution in [0.1, 0.15) is 0 Å². The number of aromatic nitrogens is 5. The second kappa shape index (κ2) is 6.41. The summed E-state index contributed by atoms with van der Waals surface area (Å²) < 4.78 is 6.46. The Morgan fingerprint density at radius 1 is 1.23 bits per heavy atom. The molecule has 130 valence electrons. The lowest BCUT2D eigenvalue weighted by Gasteiger charge is -2.08. The van der Waals surface area contributed by atoms with Gasteiger partial charge in [0.2, 0.25) is 5.91 Å². The summed E-state index contributed by atoms with van der Waals surface area (Å²) >= 11 is 1.06. The van der Waals surface area contributed by atoms with Crippen molar-refractivity contribution in [2.45, 2.75) is 6.54 Å². The fourth-order valence-corrected chi connectivity index (χ4v) is 3.10. The van der Waals surface area contributed by atoms with Gasteiger partial charge in [-0.3, -0.25) is 9.59 Å². The van der Waals surface area contributed by atoms with Crippen LogP contribution >= 0.6 is 11.5 Å². The molecule has 0 atom stereocenters. The fourth-order valence-electron chi connectivity index (χ4n) is 2.49. The maximum absolute atomic E-state index is 12.3. The third-order valence-corrected chi connectivity index (χ3v) is 4.35. The molecule has 4 aromatic rings. The van der Waals surface area contributed by atoms with Crippen LogP contribution in [0.2, 0.25) is 0 Å². The third-order valence-electron chi connectivity index (χ3n) is 3.73. The van der Waals surface area contributed by atoms with Crippen LogP contribution < -0.4 is 16.6 Å². The van der Waals surface area contributed by atoms with Gasteiger partial charge in [-0.2, -0.15) is 9.47 Å². The highest BCUT2D eigenvalue weighted by Crippen LogP contribution is 2.12. The van der Waals surface area contributed by atoms with Crippen molar-refractivity contribution in [1.29, 1.82) is 0 Å². The van der Waals surface area contributed by atoms with E-state index in [4.69, 9.17) is 0 Å². The monoisotopic (exact) mass is 368 g/mol. The number of hydrogen-bond donors (Lipinski definition) is 2. The lowest BCUT2D eigenvalue weighted by atomic mass is 10.3. The predicted octanol–water partition coefficient (Wildman–Crippen LogP) is 0.971.